The van der Waals surface area contributed by atoms with Crippen molar-refractivity contribution in [3.8, 4) is 0 Å². The van der Waals surface area contributed by atoms with Crippen LogP contribution in [-0.4, -0.2) is 0 Å². The fourth-order valence-electron chi connectivity index (χ4n) is 3.15. The Morgan fingerprint density at radius 1 is 1.05 bits per heavy atom. The fourth-order valence-corrected chi connectivity index (χ4v) is 3.15. The molecule has 0 aliphatic heterocycles. The molecule has 0 saturated heterocycles. The lowest BCUT2D eigenvalue weighted by atomic mass is 9.77. The summed E-state index contributed by atoms with van der Waals surface area (Å²) in [7, 11) is 0. The van der Waals surface area contributed by atoms with E-state index in [1.54, 1.807) is 0 Å². The van der Waals surface area contributed by atoms with Crippen LogP contribution in [0.2, 0.25) is 0 Å². The summed E-state index contributed by atoms with van der Waals surface area (Å²) >= 11 is 0. The zero-order chi connectivity index (χ0) is 14.5. The first-order chi connectivity index (χ1) is 9.61. The Morgan fingerprint density at radius 3 is 2.20 bits per heavy atom. The molecule has 110 valence electrons. The summed E-state index contributed by atoms with van der Waals surface area (Å²) in [5.74, 6) is -2.65. The molecule has 0 bridgehead atoms. The van der Waals surface area contributed by atoms with E-state index in [-0.39, 0.29) is 5.92 Å². The molecule has 1 aliphatic carbocycles. The first kappa shape index (κ1) is 15.1. The number of allylic oxidation sites excluding steroid dienone is 1. The van der Waals surface area contributed by atoms with Gasteiger partial charge in [0.2, 0.25) is 0 Å². The average molecular weight is 282 g/mol. The first-order valence-electron chi connectivity index (χ1n) is 7.37. The second-order valence-electron chi connectivity index (χ2n) is 5.74. The van der Waals surface area contributed by atoms with Crippen molar-refractivity contribution < 1.29 is 13.2 Å². The SMILES string of the molecule is C=CCCC[C@H]1CC[C@H](c2cc(F)c(F)c(F)c2)CC1. The zero-order valence-corrected chi connectivity index (χ0v) is 11.7. The molecule has 1 aromatic rings. The summed E-state index contributed by atoms with van der Waals surface area (Å²) in [5, 5.41) is 0. The Balaban J connectivity index is 1.92. The Bertz CT molecular complexity index is 436. The zero-order valence-electron chi connectivity index (χ0n) is 11.7. The molecule has 0 spiro atoms. The normalized spacial score (nSPS) is 22.8. The lowest BCUT2D eigenvalue weighted by Gasteiger charge is -2.28. The van der Waals surface area contributed by atoms with Gasteiger partial charge >= 0.3 is 0 Å². The van der Waals surface area contributed by atoms with Crippen molar-refractivity contribution in [1.82, 2.24) is 0 Å². The molecule has 3 heteroatoms. The van der Waals surface area contributed by atoms with Gasteiger partial charge in [0.25, 0.3) is 0 Å². The van der Waals surface area contributed by atoms with E-state index < -0.39 is 17.5 Å². The van der Waals surface area contributed by atoms with Crippen LogP contribution < -0.4 is 0 Å². The van der Waals surface area contributed by atoms with Gasteiger partial charge in [-0.3, -0.25) is 0 Å². The minimum absolute atomic E-state index is 0.162. The lowest BCUT2D eigenvalue weighted by Crippen LogP contribution is -2.14. The van der Waals surface area contributed by atoms with E-state index in [0.29, 0.717) is 11.5 Å². The summed E-state index contributed by atoms with van der Waals surface area (Å²) in [6.07, 6.45) is 9.39. The van der Waals surface area contributed by atoms with Gasteiger partial charge in [0, 0.05) is 0 Å². The van der Waals surface area contributed by atoms with E-state index in [1.165, 1.54) is 12.8 Å². The second kappa shape index (κ2) is 6.96. The van der Waals surface area contributed by atoms with Gasteiger partial charge in [-0.2, -0.15) is 0 Å². The number of rotatable bonds is 5. The van der Waals surface area contributed by atoms with E-state index >= 15 is 0 Å². The Hall–Kier alpha value is -1.25. The molecule has 20 heavy (non-hydrogen) atoms. The summed E-state index contributed by atoms with van der Waals surface area (Å²) in [6, 6.07) is 2.31. The van der Waals surface area contributed by atoms with Gasteiger partial charge in [0.1, 0.15) is 0 Å². The second-order valence-corrected chi connectivity index (χ2v) is 5.74. The van der Waals surface area contributed by atoms with Crippen LogP contribution >= 0.6 is 0 Å². The molecule has 1 aliphatic rings. The summed E-state index contributed by atoms with van der Waals surface area (Å²) in [4.78, 5) is 0. The lowest BCUT2D eigenvalue weighted by molar-refractivity contribution is 0.304. The highest BCUT2D eigenvalue weighted by atomic mass is 19.2. The van der Waals surface area contributed by atoms with E-state index in [9.17, 15) is 13.2 Å². The van der Waals surface area contributed by atoms with Crippen LogP contribution in [0, 0.1) is 23.4 Å². The molecule has 0 nitrogen and oxygen atoms in total. The fraction of sp³-hybridized carbons (Fsp3) is 0.529. The van der Waals surface area contributed by atoms with Crippen LogP contribution in [0.4, 0.5) is 13.2 Å². The smallest absolute Gasteiger partial charge is 0.194 e. The Kier molecular flexibility index (Phi) is 5.27. The maximum absolute atomic E-state index is 13.3. The molecule has 0 aromatic heterocycles. The van der Waals surface area contributed by atoms with Crippen LogP contribution in [0.3, 0.4) is 0 Å². The molecule has 2 rings (SSSR count). The third kappa shape index (κ3) is 3.65. The predicted molar refractivity (Wildman–Crippen MR) is 75.1 cm³/mol. The maximum Gasteiger partial charge on any atom is 0.194 e. The van der Waals surface area contributed by atoms with Gasteiger partial charge in [-0.25, -0.2) is 13.2 Å². The van der Waals surface area contributed by atoms with Crippen LogP contribution in [-0.2, 0) is 0 Å². The maximum atomic E-state index is 13.3. The average Bonchev–Trinajstić information content (AvgIpc) is 2.45. The third-order valence-corrected chi connectivity index (χ3v) is 4.34. The van der Waals surface area contributed by atoms with Crippen molar-refractivity contribution in [2.24, 2.45) is 5.92 Å². The molecule has 1 fully saturated rings. The van der Waals surface area contributed by atoms with Gasteiger partial charge in [-0.1, -0.05) is 12.5 Å². The van der Waals surface area contributed by atoms with Crippen molar-refractivity contribution >= 4 is 0 Å². The molecule has 0 atom stereocenters. The standard InChI is InChI=1S/C17H21F3/c1-2-3-4-5-12-6-8-13(9-7-12)14-10-15(18)17(20)16(19)11-14/h2,10-13H,1,3-9H2/t12-,13-. The molecule has 0 heterocycles. The highest BCUT2D eigenvalue weighted by Gasteiger charge is 2.24. The molecule has 0 radical (unpaired) electrons. The number of halogens is 3. The van der Waals surface area contributed by atoms with Crippen molar-refractivity contribution in [3.05, 3.63) is 47.8 Å². The van der Waals surface area contributed by atoms with Gasteiger partial charge in [-0.05, 0) is 68.1 Å². The topological polar surface area (TPSA) is 0 Å². The van der Waals surface area contributed by atoms with Crippen LogP contribution in [0.1, 0.15) is 56.4 Å². The molecular weight excluding hydrogens is 261 g/mol. The van der Waals surface area contributed by atoms with Crippen molar-refractivity contribution in [1.29, 1.82) is 0 Å². The molecule has 0 N–H and O–H groups in total. The molecule has 0 amide bonds. The van der Waals surface area contributed by atoms with Crippen LogP contribution in [0.5, 0.6) is 0 Å². The van der Waals surface area contributed by atoms with E-state index in [0.717, 1.165) is 44.2 Å². The largest absolute Gasteiger partial charge is 0.204 e. The van der Waals surface area contributed by atoms with Gasteiger partial charge in [0.15, 0.2) is 17.5 Å². The summed E-state index contributed by atoms with van der Waals surface area (Å²) < 4.78 is 39.5. The quantitative estimate of drug-likeness (QED) is 0.367. The van der Waals surface area contributed by atoms with Crippen molar-refractivity contribution in [2.75, 3.05) is 0 Å². The predicted octanol–water partition coefficient (Wildman–Crippen LogP) is 5.73. The van der Waals surface area contributed by atoms with Gasteiger partial charge < -0.3 is 0 Å². The van der Waals surface area contributed by atoms with E-state index in [2.05, 4.69) is 6.58 Å². The number of hydrogen-bond donors (Lipinski definition) is 0. The molecule has 0 unspecified atom stereocenters. The van der Waals surface area contributed by atoms with Crippen molar-refractivity contribution in [2.45, 2.75) is 50.9 Å². The number of benzene rings is 1. The summed E-state index contributed by atoms with van der Waals surface area (Å²) in [6.45, 7) is 3.72. The van der Waals surface area contributed by atoms with Gasteiger partial charge in [-0.15, -0.1) is 6.58 Å². The first-order valence-corrected chi connectivity index (χ1v) is 7.37. The number of unbranched alkanes of at least 4 members (excludes halogenated alkanes) is 1. The summed E-state index contributed by atoms with van der Waals surface area (Å²) in [5.41, 5.74) is 0.603. The van der Waals surface area contributed by atoms with Crippen molar-refractivity contribution in [3.63, 3.8) is 0 Å². The van der Waals surface area contributed by atoms with Gasteiger partial charge in [0.05, 0.1) is 0 Å². The van der Waals surface area contributed by atoms with Crippen LogP contribution in [0.25, 0.3) is 0 Å². The molecular formula is C17H21F3. The molecule has 1 aromatic carbocycles. The van der Waals surface area contributed by atoms with E-state index in [4.69, 9.17) is 0 Å². The Labute approximate surface area is 118 Å². The third-order valence-electron chi connectivity index (χ3n) is 4.34. The highest BCUT2D eigenvalue weighted by Crippen LogP contribution is 2.38. The molecule has 1 saturated carbocycles. The minimum atomic E-state index is -1.37. The number of hydrogen-bond acceptors (Lipinski definition) is 0. The minimum Gasteiger partial charge on any atom is -0.204 e. The highest BCUT2D eigenvalue weighted by molar-refractivity contribution is 5.23. The Morgan fingerprint density at radius 2 is 1.65 bits per heavy atom. The van der Waals surface area contributed by atoms with E-state index in [1.807, 2.05) is 6.08 Å². The van der Waals surface area contributed by atoms with Crippen LogP contribution in [0.15, 0.2) is 24.8 Å². The monoisotopic (exact) mass is 282 g/mol.